The van der Waals surface area contributed by atoms with Gasteiger partial charge in [0.05, 0.1) is 26.5 Å². The van der Waals surface area contributed by atoms with E-state index in [0.717, 1.165) is 15.4 Å². The van der Waals surface area contributed by atoms with E-state index in [2.05, 4.69) is 9.97 Å². The molecule has 0 aliphatic heterocycles. The molecular weight excluding hydrogens is 250 g/mol. The highest BCUT2D eigenvalue weighted by molar-refractivity contribution is 7.19. The number of benzene rings is 1. The zero-order valence-electron chi connectivity index (χ0n) is 9.18. The maximum absolute atomic E-state index is 10.9. The van der Waals surface area contributed by atoms with Crippen molar-refractivity contribution in [3.05, 3.63) is 35.9 Å². The van der Waals surface area contributed by atoms with Crippen LogP contribution in [0.4, 0.5) is 5.00 Å². The van der Waals surface area contributed by atoms with E-state index in [9.17, 15) is 4.79 Å². The first kappa shape index (κ1) is 10.8. The van der Waals surface area contributed by atoms with E-state index in [0.29, 0.717) is 11.3 Å². The zero-order chi connectivity index (χ0) is 12.7. The Balaban J connectivity index is 2.13. The summed E-state index contributed by atoms with van der Waals surface area (Å²) >= 11 is 1.43. The Bertz CT molecular complexity index is 745. The number of aromatic carboxylic acids is 1. The Hall–Kier alpha value is -2.34. The number of anilines is 1. The molecule has 0 saturated carbocycles. The molecule has 2 aromatic heterocycles. The second-order valence-corrected chi connectivity index (χ2v) is 4.94. The minimum absolute atomic E-state index is 0.239. The average molecular weight is 259 g/mol. The molecule has 0 bridgehead atoms. The number of nitrogens with one attached hydrogen (secondary N) is 1. The molecule has 1 aromatic carbocycles. The van der Waals surface area contributed by atoms with Crippen LogP contribution in [-0.2, 0) is 0 Å². The fourth-order valence-corrected chi connectivity index (χ4v) is 2.46. The molecule has 90 valence electrons. The van der Waals surface area contributed by atoms with Crippen LogP contribution >= 0.6 is 11.3 Å². The van der Waals surface area contributed by atoms with Crippen molar-refractivity contribution in [2.75, 3.05) is 5.73 Å². The van der Waals surface area contributed by atoms with E-state index < -0.39 is 5.97 Å². The summed E-state index contributed by atoms with van der Waals surface area (Å²) in [4.78, 5) is 19.3. The minimum Gasteiger partial charge on any atom is -0.478 e. The van der Waals surface area contributed by atoms with Gasteiger partial charge < -0.3 is 15.8 Å². The van der Waals surface area contributed by atoms with Crippen molar-refractivity contribution in [2.45, 2.75) is 0 Å². The van der Waals surface area contributed by atoms with Crippen LogP contribution in [0.25, 0.3) is 21.7 Å². The lowest BCUT2D eigenvalue weighted by Gasteiger charge is -1.92. The van der Waals surface area contributed by atoms with Crippen LogP contribution in [-0.4, -0.2) is 21.0 Å². The topological polar surface area (TPSA) is 92.0 Å². The summed E-state index contributed by atoms with van der Waals surface area (Å²) in [6.07, 6.45) is 0. The van der Waals surface area contributed by atoms with Gasteiger partial charge in [0.1, 0.15) is 5.82 Å². The van der Waals surface area contributed by atoms with Crippen molar-refractivity contribution >= 4 is 33.3 Å². The first-order valence-corrected chi connectivity index (χ1v) is 6.04. The Morgan fingerprint density at radius 2 is 2.17 bits per heavy atom. The van der Waals surface area contributed by atoms with Gasteiger partial charge in [0.2, 0.25) is 0 Å². The Morgan fingerprint density at radius 1 is 1.33 bits per heavy atom. The van der Waals surface area contributed by atoms with Crippen molar-refractivity contribution in [1.29, 1.82) is 0 Å². The van der Waals surface area contributed by atoms with Crippen molar-refractivity contribution in [2.24, 2.45) is 0 Å². The van der Waals surface area contributed by atoms with E-state index in [4.69, 9.17) is 10.8 Å². The first-order chi connectivity index (χ1) is 8.63. The summed E-state index contributed by atoms with van der Waals surface area (Å²) in [5, 5.41) is 9.64. The van der Waals surface area contributed by atoms with E-state index in [1.807, 2.05) is 12.1 Å². The maximum Gasteiger partial charge on any atom is 0.335 e. The van der Waals surface area contributed by atoms with Crippen LogP contribution in [0, 0.1) is 0 Å². The predicted octanol–water partition coefficient (Wildman–Crippen LogP) is 2.57. The molecule has 0 aliphatic rings. The molecule has 18 heavy (non-hydrogen) atoms. The Morgan fingerprint density at radius 3 is 2.83 bits per heavy atom. The normalized spacial score (nSPS) is 10.9. The lowest BCUT2D eigenvalue weighted by atomic mass is 10.2. The van der Waals surface area contributed by atoms with E-state index in [1.165, 1.54) is 17.4 Å². The number of hydrogen-bond donors (Lipinski definition) is 3. The SMILES string of the molecule is Nc1ccc(-c2nc3ccc(C(=O)O)cc3[nH]2)s1. The van der Waals surface area contributed by atoms with Crippen LogP contribution < -0.4 is 5.73 Å². The summed E-state index contributed by atoms with van der Waals surface area (Å²) in [6, 6.07) is 8.50. The van der Waals surface area contributed by atoms with Crippen molar-refractivity contribution < 1.29 is 9.90 Å². The molecular formula is C12H9N3O2S. The number of rotatable bonds is 2. The molecule has 0 amide bonds. The molecule has 0 radical (unpaired) electrons. The summed E-state index contributed by atoms with van der Waals surface area (Å²) < 4.78 is 0. The van der Waals surface area contributed by atoms with Crippen LogP contribution in [0.2, 0.25) is 0 Å². The Labute approximate surface area is 106 Å². The molecule has 0 spiro atoms. The number of thiophene rings is 1. The number of hydrogen-bond acceptors (Lipinski definition) is 4. The molecule has 0 saturated heterocycles. The molecule has 0 unspecified atom stereocenters. The lowest BCUT2D eigenvalue weighted by Crippen LogP contribution is -1.94. The summed E-state index contributed by atoms with van der Waals surface area (Å²) in [6.45, 7) is 0. The van der Waals surface area contributed by atoms with Gasteiger partial charge >= 0.3 is 5.97 Å². The molecule has 2 heterocycles. The molecule has 0 atom stereocenters. The third-order valence-corrected chi connectivity index (χ3v) is 3.51. The third-order valence-electron chi connectivity index (χ3n) is 2.59. The van der Waals surface area contributed by atoms with E-state index in [1.54, 1.807) is 12.1 Å². The lowest BCUT2D eigenvalue weighted by molar-refractivity contribution is 0.0697. The van der Waals surface area contributed by atoms with E-state index >= 15 is 0 Å². The van der Waals surface area contributed by atoms with E-state index in [-0.39, 0.29) is 5.56 Å². The number of carboxylic acid groups (broad SMARTS) is 1. The van der Waals surface area contributed by atoms with Gasteiger partial charge in [0.15, 0.2) is 0 Å². The van der Waals surface area contributed by atoms with Gasteiger partial charge in [0, 0.05) is 0 Å². The highest BCUT2D eigenvalue weighted by atomic mass is 32.1. The fraction of sp³-hybridized carbons (Fsp3) is 0. The van der Waals surface area contributed by atoms with Gasteiger partial charge in [-0.05, 0) is 30.3 Å². The summed E-state index contributed by atoms with van der Waals surface area (Å²) in [5.41, 5.74) is 7.36. The quantitative estimate of drug-likeness (QED) is 0.659. The number of nitrogens with two attached hydrogens (primary N) is 1. The molecule has 3 aromatic rings. The second kappa shape index (κ2) is 3.85. The summed E-state index contributed by atoms with van der Waals surface area (Å²) in [7, 11) is 0. The second-order valence-electron chi connectivity index (χ2n) is 3.82. The van der Waals surface area contributed by atoms with Crippen molar-refractivity contribution in [3.63, 3.8) is 0 Å². The van der Waals surface area contributed by atoms with Gasteiger partial charge in [0.25, 0.3) is 0 Å². The molecule has 4 N–H and O–H groups in total. The van der Waals surface area contributed by atoms with Gasteiger partial charge in [-0.2, -0.15) is 0 Å². The van der Waals surface area contributed by atoms with Gasteiger partial charge in [-0.3, -0.25) is 0 Å². The smallest absolute Gasteiger partial charge is 0.335 e. The number of nitrogen functional groups attached to an aromatic ring is 1. The monoisotopic (exact) mass is 259 g/mol. The Kier molecular flexibility index (Phi) is 2.31. The molecule has 3 rings (SSSR count). The minimum atomic E-state index is -0.951. The molecule has 0 fully saturated rings. The number of aromatic amines is 1. The number of nitrogens with zero attached hydrogens (tertiary/aromatic N) is 1. The van der Waals surface area contributed by atoms with Crippen molar-refractivity contribution in [3.8, 4) is 10.7 Å². The van der Waals surface area contributed by atoms with Crippen molar-refractivity contribution in [1.82, 2.24) is 9.97 Å². The van der Waals surface area contributed by atoms with Gasteiger partial charge in [-0.25, -0.2) is 9.78 Å². The maximum atomic E-state index is 10.9. The third kappa shape index (κ3) is 1.72. The van der Waals surface area contributed by atoms with Gasteiger partial charge in [-0.1, -0.05) is 0 Å². The van der Waals surface area contributed by atoms with Crippen LogP contribution in [0.1, 0.15) is 10.4 Å². The number of H-pyrrole nitrogens is 1. The molecule has 5 nitrogen and oxygen atoms in total. The van der Waals surface area contributed by atoms with Crippen LogP contribution in [0.3, 0.4) is 0 Å². The highest BCUT2D eigenvalue weighted by Gasteiger charge is 2.09. The number of imidazole rings is 1. The zero-order valence-corrected chi connectivity index (χ0v) is 9.99. The van der Waals surface area contributed by atoms with Gasteiger partial charge in [-0.15, -0.1) is 11.3 Å². The number of fused-ring (bicyclic) bond motifs is 1. The molecule has 0 aliphatic carbocycles. The number of carbonyl (C=O) groups is 1. The summed E-state index contributed by atoms with van der Waals surface area (Å²) in [5.74, 6) is -0.248. The molecule has 6 heteroatoms. The average Bonchev–Trinajstić information content (AvgIpc) is 2.93. The largest absolute Gasteiger partial charge is 0.478 e. The highest BCUT2D eigenvalue weighted by Crippen LogP contribution is 2.29. The standard InChI is InChI=1S/C12H9N3O2S/c13-10-4-3-9(18-10)11-14-7-2-1-6(12(16)17)5-8(7)15-11/h1-5H,13H2,(H,14,15)(H,16,17). The number of carboxylic acids is 1. The first-order valence-electron chi connectivity index (χ1n) is 5.22. The van der Waals surface area contributed by atoms with Crippen LogP contribution in [0.5, 0.6) is 0 Å². The predicted molar refractivity (Wildman–Crippen MR) is 70.8 cm³/mol. The van der Waals surface area contributed by atoms with Crippen LogP contribution in [0.15, 0.2) is 30.3 Å². The number of aromatic nitrogens is 2. The fourth-order valence-electron chi connectivity index (χ4n) is 1.74.